The Morgan fingerprint density at radius 1 is 0.365 bits per heavy atom. The molecule has 0 spiro atoms. The highest BCUT2D eigenvalue weighted by Gasteiger charge is 2.23. The third-order valence-corrected chi connectivity index (χ3v) is 9.16. The molecule has 0 radical (unpaired) electrons. The number of aryl methyl sites for hydroxylation is 4. The van der Waals surface area contributed by atoms with E-state index in [0.717, 1.165) is 45.3 Å². The first-order valence-electron chi connectivity index (χ1n) is 17.7. The topological polar surface area (TPSA) is 36.9 Å². The van der Waals surface area contributed by atoms with Gasteiger partial charge in [0.05, 0.1) is 0 Å². The molecule has 0 bridgehead atoms. The normalized spacial score (nSPS) is 10.9. The summed E-state index contributed by atoms with van der Waals surface area (Å²) in [5.74, 6) is 3.40. The molecule has 0 heterocycles. The summed E-state index contributed by atoms with van der Waals surface area (Å²) in [5.41, 5.74) is 11.4. The van der Waals surface area contributed by atoms with Gasteiger partial charge in [-0.3, -0.25) is 0 Å². The van der Waals surface area contributed by atoms with E-state index in [-0.39, 0.29) is 11.8 Å². The van der Waals surface area contributed by atoms with Gasteiger partial charge < -0.3 is 18.9 Å². The maximum absolute atomic E-state index is 5.93. The zero-order valence-electron chi connectivity index (χ0n) is 31.0. The second-order valence-electron chi connectivity index (χ2n) is 13.0. The van der Waals surface area contributed by atoms with Gasteiger partial charge in [-0.1, -0.05) is 123 Å². The van der Waals surface area contributed by atoms with E-state index in [1.165, 1.54) is 33.4 Å². The molecule has 52 heavy (non-hydrogen) atoms. The van der Waals surface area contributed by atoms with Crippen molar-refractivity contribution in [2.24, 2.45) is 0 Å². The van der Waals surface area contributed by atoms with Crippen molar-refractivity contribution in [3.8, 4) is 23.0 Å². The number of hydrogen-bond acceptors (Lipinski definition) is 4. The molecule has 0 N–H and O–H groups in total. The van der Waals surface area contributed by atoms with Crippen molar-refractivity contribution in [3.05, 3.63) is 203 Å². The average Bonchev–Trinajstić information content (AvgIpc) is 3.14. The van der Waals surface area contributed by atoms with Crippen LogP contribution in [0.4, 0.5) is 0 Å². The van der Waals surface area contributed by atoms with Gasteiger partial charge in [0, 0.05) is 11.8 Å². The molecule has 0 saturated heterocycles. The number of ether oxygens (including phenoxy) is 4. The predicted octanol–water partition coefficient (Wildman–Crippen LogP) is 11.5. The molecule has 0 fully saturated rings. The van der Waals surface area contributed by atoms with E-state index in [9.17, 15) is 0 Å². The van der Waals surface area contributed by atoms with E-state index in [0.29, 0.717) is 26.4 Å². The van der Waals surface area contributed by atoms with Gasteiger partial charge in [-0.15, -0.1) is 0 Å². The lowest BCUT2D eigenvalue weighted by molar-refractivity contribution is 0.360. The molecule has 0 atom stereocenters. The Balaban J connectivity index is 1.60. The lowest BCUT2D eigenvalue weighted by Gasteiger charge is -2.24. The summed E-state index contributed by atoms with van der Waals surface area (Å²) in [6.07, 6.45) is 7.07. The van der Waals surface area contributed by atoms with Crippen LogP contribution >= 0.6 is 0 Å². The van der Waals surface area contributed by atoms with Crippen LogP contribution in [0.1, 0.15) is 67.5 Å². The highest BCUT2D eigenvalue weighted by Crippen LogP contribution is 2.40. The summed E-state index contributed by atoms with van der Waals surface area (Å²) < 4.78 is 23.7. The molecule has 0 aliphatic heterocycles. The first-order valence-corrected chi connectivity index (χ1v) is 17.7. The van der Waals surface area contributed by atoms with E-state index in [4.69, 9.17) is 18.9 Å². The van der Waals surface area contributed by atoms with Crippen molar-refractivity contribution in [1.82, 2.24) is 0 Å². The maximum Gasteiger partial charge on any atom is 0.122 e. The van der Waals surface area contributed by atoms with Crippen molar-refractivity contribution in [1.29, 1.82) is 0 Å². The summed E-state index contributed by atoms with van der Waals surface area (Å²) in [6.45, 7) is 25.4. The van der Waals surface area contributed by atoms with E-state index >= 15 is 0 Å². The number of rotatable bonds is 18. The second-order valence-corrected chi connectivity index (χ2v) is 13.0. The lowest BCUT2D eigenvalue weighted by atomic mass is 9.80. The van der Waals surface area contributed by atoms with Gasteiger partial charge in [0.15, 0.2) is 0 Å². The monoisotopic (exact) mass is 690 g/mol. The van der Waals surface area contributed by atoms with Crippen molar-refractivity contribution in [2.45, 2.75) is 39.5 Å². The minimum atomic E-state index is -0.0149. The maximum atomic E-state index is 5.93. The Hall–Kier alpha value is -5.74. The molecule has 4 heteroatoms. The van der Waals surface area contributed by atoms with Gasteiger partial charge in [-0.05, 0) is 108 Å². The molecule has 0 aliphatic rings. The first-order chi connectivity index (χ1) is 25.3. The third kappa shape index (κ3) is 8.94. The van der Waals surface area contributed by atoms with Gasteiger partial charge >= 0.3 is 0 Å². The quantitative estimate of drug-likeness (QED) is 0.0677. The molecule has 4 nitrogen and oxygen atoms in total. The number of hydrogen-bond donors (Lipinski definition) is 0. The number of benzene rings is 5. The van der Waals surface area contributed by atoms with Crippen LogP contribution in [0.2, 0.25) is 0 Å². The summed E-state index contributed by atoms with van der Waals surface area (Å²) in [7, 11) is 0. The van der Waals surface area contributed by atoms with Gasteiger partial charge in [-0.2, -0.15) is 0 Å². The molecule has 0 aliphatic carbocycles. The predicted molar refractivity (Wildman–Crippen MR) is 216 cm³/mol. The van der Waals surface area contributed by atoms with Crippen molar-refractivity contribution in [3.63, 3.8) is 0 Å². The fraction of sp³-hybridized carbons (Fsp3) is 0.208. The fourth-order valence-electron chi connectivity index (χ4n) is 6.69. The van der Waals surface area contributed by atoms with Gasteiger partial charge in [0.2, 0.25) is 0 Å². The van der Waals surface area contributed by atoms with E-state index in [2.05, 4.69) is 151 Å². The molecule has 0 saturated carbocycles. The molecule has 266 valence electrons. The molecule has 0 amide bonds. The van der Waals surface area contributed by atoms with Crippen LogP contribution in [0.15, 0.2) is 148 Å². The third-order valence-electron chi connectivity index (χ3n) is 9.16. The average molecular weight is 691 g/mol. The van der Waals surface area contributed by atoms with Crippen molar-refractivity contribution < 1.29 is 18.9 Å². The molecule has 5 rings (SSSR count). The van der Waals surface area contributed by atoms with E-state index in [1.807, 2.05) is 0 Å². The largest absolute Gasteiger partial charge is 0.489 e. The first kappa shape index (κ1) is 37.5. The van der Waals surface area contributed by atoms with Crippen LogP contribution in [0.5, 0.6) is 23.0 Å². The van der Waals surface area contributed by atoms with Crippen molar-refractivity contribution in [2.75, 3.05) is 26.4 Å². The Kier molecular flexibility index (Phi) is 13.0. The Bertz CT molecular complexity index is 1750. The molecule has 0 aromatic heterocycles. The molecule has 5 aromatic carbocycles. The van der Waals surface area contributed by atoms with Crippen LogP contribution in [-0.2, 0) is 0 Å². The Labute approximate surface area is 310 Å². The zero-order chi connectivity index (χ0) is 37.0. The van der Waals surface area contributed by atoms with E-state index < -0.39 is 0 Å². The van der Waals surface area contributed by atoms with Gasteiger partial charge in [0.1, 0.15) is 49.4 Å². The molecule has 5 aromatic rings. The standard InChI is InChI=1S/C48H50O4/c1-9-25-49-43-21-17-39(29-33(43)5)47(40-18-22-44(34(6)30-40)50-26-10-2)37-13-15-38(16-14-37)48(41-19-23-45(35(7)31-41)51-27-11-3)42-20-24-46(36(8)32-42)52-28-12-4/h9-24,29-32,47-48H,1-4,25-28H2,5-8H3. The van der Waals surface area contributed by atoms with Crippen LogP contribution in [0.3, 0.4) is 0 Å². The molecular weight excluding hydrogens is 641 g/mol. The highest BCUT2D eigenvalue weighted by atomic mass is 16.5. The summed E-state index contributed by atoms with van der Waals surface area (Å²) in [6, 6.07) is 34.9. The molecule has 0 unspecified atom stereocenters. The molecular formula is C48H50O4. The highest BCUT2D eigenvalue weighted by molar-refractivity contribution is 5.53. The summed E-state index contributed by atoms with van der Waals surface area (Å²) >= 11 is 0. The fourth-order valence-corrected chi connectivity index (χ4v) is 6.69. The Morgan fingerprint density at radius 2 is 0.577 bits per heavy atom. The van der Waals surface area contributed by atoms with Gasteiger partial charge in [0.25, 0.3) is 0 Å². The SMILES string of the molecule is C=CCOc1ccc(C(c2ccc(C(c3ccc(OCC=C)c(C)c3)c3ccc(OCC=C)c(C)c3)cc2)c2ccc(OCC=C)c(C)c2)cc1C. The minimum absolute atomic E-state index is 0.0149. The van der Waals surface area contributed by atoms with Crippen LogP contribution in [-0.4, -0.2) is 26.4 Å². The summed E-state index contributed by atoms with van der Waals surface area (Å²) in [5, 5.41) is 0. The Morgan fingerprint density at radius 3 is 0.769 bits per heavy atom. The zero-order valence-corrected chi connectivity index (χ0v) is 31.0. The van der Waals surface area contributed by atoms with Gasteiger partial charge in [-0.25, -0.2) is 0 Å². The minimum Gasteiger partial charge on any atom is -0.489 e. The van der Waals surface area contributed by atoms with Crippen LogP contribution in [0, 0.1) is 27.7 Å². The van der Waals surface area contributed by atoms with Crippen LogP contribution < -0.4 is 18.9 Å². The second kappa shape index (κ2) is 18.0. The van der Waals surface area contributed by atoms with E-state index in [1.54, 1.807) is 24.3 Å². The lowest BCUT2D eigenvalue weighted by Crippen LogP contribution is -2.08. The van der Waals surface area contributed by atoms with Crippen LogP contribution in [0.25, 0.3) is 0 Å². The summed E-state index contributed by atoms with van der Waals surface area (Å²) in [4.78, 5) is 0. The van der Waals surface area contributed by atoms with Crippen molar-refractivity contribution >= 4 is 0 Å². The smallest absolute Gasteiger partial charge is 0.122 e.